The highest BCUT2D eigenvalue weighted by molar-refractivity contribution is 6.20. The van der Waals surface area contributed by atoms with Crippen molar-refractivity contribution >= 4 is 7.69 Å². The topological polar surface area (TPSA) is 18.5 Å². The molecule has 0 N–H and O–H groups in total. The molecule has 0 fully saturated rings. The molecular weight excluding hydrogens is 475 g/mol. The van der Waals surface area contributed by atoms with E-state index >= 15 is 0 Å². The number of benzene rings is 2. The standard InChI is InChI=1S/C36H58BO2/c1-3-5-7-9-11-13-15-17-19-21-23-33-25-29-35(30-26-33)38-37-39-36-31-27-34(28-32-36)24-22-20-18-16-14-12-10-8-6-4-2/h25-32H,3-24H2,1-2H3. The van der Waals surface area contributed by atoms with Crippen LogP contribution in [0.5, 0.6) is 11.5 Å². The van der Waals surface area contributed by atoms with E-state index in [2.05, 4.69) is 38.1 Å². The summed E-state index contributed by atoms with van der Waals surface area (Å²) >= 11 is 0. The molecule has 2 aromatic rings. The molecule has 3 heteroatoms. The lowest BCUT2D eigenvalue weighted by molar-refractivity contribution is 0.458. The van der Waals surface area contributed by atoms with Gasteiger partial charge in [0.15, 0.2) is 0 Å². The maximum atomic E-state index is 5.69. The van der Waals surface area contributed by atoms with E-state index in [0.717, 1.165) is 24.3 Å². The molecule has 217 valence electrons. The van der Waals surface area contributed by atoms with Crippen molar-refractivity contribution in [2.45, 2.75) is 155 Å². The van der Waals surface area contributed by atoms with E-state index in [4.69, 9.17) is 9.31 Å². The van der Waals surface area contributed by atoms with Crippen LogP contribution in [0.2, 0.25) is 0 Å². The lowest BCUT2D eigenvalue weighted by Gasteiger charge is -2.08. The van der Waals surface area contributed by atoms with E-state index in [1.807, 2.05) is 24.3 Å². The Kier molecular flexibility index (Phi) is 20.5. The molecule has 2 rings (SSSR count). The van der Waals surface area contributed by atoms with Crippen molar-refractivity contribution in [3.8, 4) is 11.5 Å². The third-order valence-corrected chi connectivity index (χ3v) is 7.85. The van der Waals surface area contributed by atoms with Crippen molar-refractivity contribution in [3.63, 3.8) is 0 Å². The zero-order valence-electron chi connectivity index (χ0n) is 25.6. The minimum atomic E-state index is 0.819. The molecule has 0 aliphatic rings. The van der Waals surface area contributed by atoms with Crippen molar-refractivity contribution in [2.75, 3.05) is 0 Å². The minimum Gasteiger partial charge on any atom is -0.526 e. The highest BCUT2D eigenvalue weighted by Crippen LogP contribution is 2.18. The van der Waals surface area contributed by atoms with E-state index in [0.29, 0.717) is 0 Å². The van der Waals surface area contributed by atoms with Gasteiger partial charge < -0.3 is 9.31 Å². The Balaban J connectivity index is 1.46. The van der Waals surface area contributed by atoms with Gasteiger partial charge in [-0.3, -0.25) is 0 Å². The van der Waals surface area contributed by atoms with Crippen LogP contribution in [0.15, 0.2) is 48.5 Å². The van der Waals surface area contributed by atoms with Crippen LogP contribution in [0.4, 0.5) is 0 Å². The molecule has 2 nitrogen and oxygen atoms in total. The second-order valence-electron chi connectivity index (χ2n) is 11.5. The van der Waals surface area contributed by atoms with Crippen LogP contribution < -0.4 is 9.31 Å². The summed E-state index contributed by atoms with van der Waals surface area (Å²) in [5.74, 6) is 1.64. The lowest BCUT2D eigenvalue weighted by Crippen LogP contribution is -2.10. The average Bonchev–Trinajstić information content (AvgIpc) is 2.96. The Morgan fingerprint density at radius 3 is 0.974 bits per heavy atom. The highest BCUT2D eigenvalue weighted by atomic mass is 16.6. The fraction of sp³-hybridized carbons (Fsp3) is 0.667. The first-order valence-corrected chi connectivity index (χ1v) is 16.6. The Morgan fingerprint density at radius 2 is 0.667 bits per heavy atom. The van der Waals surface area contributed by atoms with Crippen LogP contribution in [-0.2, 0) is 12.8 Å². The van der Waals surface area contributed by atoms with E-state index in [1.54, 1.807) is 0 Å². The van der Waals surface area contributed by atoms with Gasteiger partial charge in [0.1, 0.15) is 11.5 Å². The van der Waals surface area contributed by atoms with Gasteiger partial charge in [0.2, 0.25) is 0 Å². The van der Waals surface area contributed by atoms with Gasteiger partial charge in [-0.25, -0.2) is 0 Å². The van der Waals surface area contributed by atoms with Crippen LogP contribution in [0, 0.1) is 0 Å². The van der Waals surface area contributed by atoms with Gasteiger partial charge in [0.25, 0.3) is 0 Å². The summed E-state index contributed by atoms with van der Waals surface area (Å²) in [6, 6.07) is 16.9. The minimum absolute atomic E-state index is 0.819. The number of unbranched alkanes of at least 4 members (excludes halogenated alkanes) is 18. The smallest absolute Gasteiger partial charge is 0.526 e. The molecule has 0 aromatic heterocycles. The first kappa shape index (κ1) is 33.3. The predicted octanol–water partition coefficient (Wildman–Crippen LogP) is 11.6. The Labute approximate surface area is 243 Å². The molecule has 39 heavy (non-hydrogen) atoms. The second kappa shape index (κ2) is 23.9. The first-order chi connectivity index (χ1) is 19.3. The lowest BCUT2D eigenvalue weighted by atomic mass is 10.0. The largest absolute Gasteiger partial charge is 0.658 e. The quantitative estimate of drug-likeness (QED) is 0.0884. The highest BCUT2D eigenvalue weighted by Gasteiger charge is 2.03. The number of hydrogen-bond acceptors (Lipinski definition) is 2. The van der Waals surface area contributed by atoms with Crippen molar-refractivity contribution in [1.82, 2.24) is 0 Å². The summed E-state index contributed by atoms with van der Waals surface area (Å²) in [4.78, 5) is 0. The van der Waals surface area contributed by atoms with Crippen LogP contribution >= 0.6 is 0 Å². The molecule has 0 spiro atoms. The molecule has 0 heterocycles. The fourth-order valence-electron chi connectivity index (χ4n) is 5.24. The molecule has 0 aliphatic carbocycles. The molecule has 0 saturated heterocycles. The Hall–Kier alpha value is -1.90. The predicted molar refractivity (Wildman–Crippen MR) is 171 cm³/mol. The summed E-state index contributed by atoms with van der Waals surface area (Å²) in [6.07, 6.45) is 30.0. The second-order valence-corrected chi connectivity index (χ2v) is 11.5. The summed E-state index contributed by atoms with van der Waals surface area (Å²) in [7, 11) is 1.44. The number of aryl methyl sites for hydroxylation is 2. The molecule has 0 atom stereocenters. The zero-order valence-corrected chi connectivity index (χ0v) is 25.6. The maximum Gasteiger partial charge on any atom is 0.658 e. The van der Waals surface area contributed by atoms with Crippen molar-refractivity contribution in [3.05, 3.63) is 59.7 Å². The SMILES string of the molecule is CCCCCCCCCCCCc1ccc(O[B]Oc2ccc(CCCCCCCCCCCC)cc2)cc1. The number of hydrogen-bond donors (Lipinski definition) is 0. The summed E-state index contributed by atoms with van der Waals surface area (Å²) < 4.78 is 11.4. The molecule has 0 unspecified atom stereocenters. The Morgan fingerprint density at radius 1 is 0.385 bits per heavy atom. The molecule has 0 saturated carbocycles. The molecular formula is C36H58BO2. The third-order valence-electron chi connectivity index (χ3n) is 7.85. The molecule has 0 amide bonds. The first-order valence-electron chi connectivity index (χ1n) is 16.6. The molecule has 0 bridgehead atoms. The molecule has 2 aromatic carbocycles. The van der Waals surface area contributed by atoms with Gasteiger partial charge in [-0.05, 0) is 61.1 Å². The normalized spacial score (nSPS) is 11.0. The van der Waals surface area contributed by atoms with Crippen LogP contribution in [0.3, 0.4) is 0 Å². The Bertz CT molecular complexity index is 719. The molecule has 0 aliphatic heterocycles. The third kappa shape index (κ3) is 18.1. The van der Waals surface area contributed by atoms with E-state index in [-0.39, 0.29) is 0 Å². The van der Waals surface area contributed by atoms with E-state index < -0.39 is 0 Å². The average molecular weight is 534 g/mol. The van der Waals surface area contributed by atoms with Crippen molar-refractivity contribution < 1.29 is 9.31 Å². The van der Waals surface area contributed by atoms with Crippen molar-refractivity contribution in [1.29, 1.82) is 0 Å². The van der Waals surface area contributed by atoms with Crippen LogP contribution in [-0.4, -0.2) is 7.69 Å². The van der Waals surface area contributed by atoms with Gasteiger partial charge in [0, 0.05) is 0 Å². The number of rotatable bonds is 26. The monoisotopic (exact) mass is 533 g/mol. The van der Waals surface area contributed by atoms with Gasteiger partial charge in [-0.1, -0.05) is 154 Å². The maximum absolute atomic E-state index is 5.69. The summed E-state index contributed by atoms with van der Waals surface area (Å²) in [5, 5.41) is 0. The zero-order chi connectivity index (χ0) is 27.6. The van der Waals surface area contributed by atoms with E-state index in [1.165, 1.54) is 147 Å². The van der Waals surface area contributed by atoms with Crippen LogP contribution in [0.25, 0.3) is 0 Å². The van der Waals surface area contributed by atoms with Gasteiger partial charge >= 0.3 is 7.69 Å². The molecule has 1 radical (unpaired) electrons. The van der Waals surface area contributed by atoms with Crippen LogP contribution in [0.1, 0.15) is 153 Å². The summed E-state index contributed by atoms with van der Waals surface area (Å²) in [6.45, 7) is 4.57. The fourth-order valence-corrected chi connectivity index (χ4v) is 5.24. The van der Waals surface area contributed by atoms with Gasteiger partial charge in [-0.2, -0.15) is 0 Å². The van der Waals surface area contributed by atoms with E-state index in [9.17, 15) is 0 Å². The summed E-state index contributed by atoms with van der Waals surface area (Å²) in [5.41, 5.74) is 2.78. The van der Waals surface area contributed by atoms with Gasteiger partial charge in [0.05, 0.1) is 0 Å². The van der Waals surface area contributed by atoms with Crippen molar-refractivity contribution in [2.24, 2.45) is 0 Å². The van der Waals surface area contributed by atoms with Gasteiger partial charge in [-0.15, -0.1) is 0 Å².